The quantitative estimate of drug-likeness (QED) is 0.837. The first-order valence-corrected chi connectivity index (χ1v) is 8.02. The Bertz CT molecular complexity index is 828. The van der Waals surface area contributed by atoms with Gasteiger partial charge in [-0.15, -0.1) is 0 Å². The molecule has 1 saturated heterocycles. The fourth-order valence-electron chi connectivity index (χ4n) is 2.52. The average Bonchev–Trinajstić information content (AvgIpc) is 2.85. The Kier molecular flexibility index (Phi) is 4.21. The van der Waals surface area contributed by atoms with E-state index in [1.165, 1.54) is 0 Å². The van der Waals surface area contributed by atoms with Crippen LogP contribution >= 0.6 is 11.8 Å². The zero-order chi connectivity index (χ0) is 16.4. The summed E-state index contributed by atoms with van der Waals surface area (Å²) in [4.78, 5) is 23.2. The van der Waals surface area contributed by atoms with Crippen molar-refractivity contribution < 1.29 is 9.59 Å². The molecule has 2 aromatic rings. The van der Waals surface area contributed by atoms with E-state index >= 15 is 0 Å². The van der Waals surface area contributed by atoms with Crippen LogP contribution in [0.4, 0.5) is 10.5 Å². The van der Waals surface area contributed by atoms with E-state index in [9.17, 15) is 9.59 Å². The summed E-state index contributed by atoms with van der Waals surface area (Å²) < 4.78 is 0. The molecule has 1 heterocycles. The summed E-state index contributed by atoms with van der Waals surface area (Å²) in [5.41, 5.74) is 5.36. The molecular formula is C18H16N2O2S. The molecule has 0 radical (unpaired) electrons. The van der Waals surface area contributed by atoms with Crippen molar-refractivity contribution in [2.75, 3.05) is 12.4 Å². The van der Waals surface area contributed by atoms with Crippen LogP contribution in [0, 0.1) is 6.92 Å². The Hall–Kier alpha value is -2.53. The molecule has 2 aromatic carbocycles. The van der Waals surface area contributed by atoms with Crippen LogP contribution in [0.15, 0.2) is 47.4 Å². The molecule has 0 aliphatic carbocycles. The molecule has 0 atom stereocenters. The molecule has 5 heteroatoms. The average molecular weight is 324 g/mol. The van der Waals surface area contributed by atoms with Gasteiger partial charge in [0.25, 0.3) is 11.1 Å². The first-order valence-electron chi connectivity index (χ1n) is 7.20. The molecule has 23 heavy (non-hydrogen) atoms. The number of thioether (sulfide) groups is 1. The monoisotopic (exact) mass is 324 g/mol. The maximum Gasteiger partial charge on any atom is 0.290 e. The van der Waals surface area contributed by atoms with Crippen LogP contribution in [0.25, 0.3) is 17.2 Å². The van der Waals surface area contributed by atoms with Crippen LogP contribution in [-0.2, 0) is 4.79 Å². The number of imide groups is 1. The summed E-state index contributed by atoms with van der Waals surface area (Å²) in [7, 11) is 1.90. The summed E-state index contributed by atoms with van der Waals surface area (Å²) >= 11 is 0.933. The smallest absolute Gasteiger partial charge is 0.290 e. The lowest BCUT2D eigenvalue weighted by molar-refractivity contribution is -0.115. The Morgan fingerprint density at radius 3 is 2.61 bits per heavy atom. The molecule has 116 valence electrons. The Morgan fingerprint density at radius 2 is 1.96 bits per heavy atom. The molecule has 4 nitrogen and oxygen atoms in total. The van der Waals surface area contributed by atoms with Gasteiger partial charge in [-0.2, -0.15) is 0 Å². The van der Waals surface area contributed by atoms with Crippen LogP contribution < -0.4 is 10.6 Å². The van der Waals surface area contributed by atoms with Crippen molar-refractivity contribution in [1.29, 1.82) is 0 Å². The lowest BCUT2D eigenvalue weighted by Crippen LogP contribution is -2.17. The van der Waals surface area contributed by atoms with Gasteiger partial charge in [0.15, 0.2) is 0 Å². The number of rotatable bonds is 3. The lowest BCUT2D eigenvalue weighted by atomic mass is 9.98. The van der Waals surface area contributed by atoms with Crippen molar-refractivity contribution in [1.82, 2.24) is 5.32 Å². The van der Waals surface area contributed by atoms with E-state index in [1.54, 1.807) is 6.08 Å². The first-order chi connectivity index (χ1) is 11.1. The molecule has 2 N–H and O–H groups in total. The van der Waals surface area contributed by atoms with Gasteiger partial charge in [0.05, 0.1) is 4.91 Å². The van der Waals surface area contributed by atoms with Crippen LogP contribution in [-0.4, -0.2) is 18.2 Å². The van der Waals surface area contributed by atoms with Gasteiger partial charge in [0.2, 0.25) is 0 Å². The number of carbonyl (C=O) groups is 2. The predicted octanol–water partition coefficient (Wildman–Crippen LogP) is 4.03. The Morgan fingerprint density at radius 1 is 1.13 bits per heavy atom. The van der Waals surface area contributed by atoms with Gasteiger partial charge >= 0.3 is 0 Å². The highest BCUT2D eigenvalue weighted by atomic mass is 32.2. The maximum atomic E-state index is 11.6. The van der Waals surface area contributed by atoms with Gasteiger partial charge in [0.1, 0.15) is 0 Å². The number of hydrogen-bond acceptors (Lipinski definition) is 4. The number of aryl methyl sites for hydroxylation is 1. The van der Waals surface area contributed by atoms with Gasteiger partial charge in [-0.1, -0.05) is 30.3 Å². The third-order valence-electron chi connectivity index (χ3n) is 3.65. The number of carbonyl (C=O) groups excluding carboxylic acids is 2. The largest absolute Gasteiger partial charge is 0.388 e. The zero-order valence-electron chi connectivity index (χ0n) is 12.8. The van der Waals surface area contributed by atoms with E-state index in [0.717, 1.165) is 39.7 Å². The fourth-order valence-corrected chi connectivity index (χ4v) is 3.20. The molecule has 0 bridgehead atoms. The summed E-state index contributed by atoms with van der Waals surface area (Å²) in [5.74, 6) is -0.330. The molecule has 2 amide bonds. The molecule has 1 aliphatic heterocycles. The number of anilines is 1. The van der Waals surface area contributed by atoms with E-state index in [-0.39, 0.29) is 11.1 Å². The Labute approximate surface area is 139 Å². The standard InChI is InChI=1S/C18H16N2O2S/c1-11-8-12(9-16-17(21)20-18(22)23-16)6-7-15(11)13-4-3-5-14(10-13)19-2/h3-10,19H,1-2H3,(H,20,21,22). The molecule has 0 saturated carbocycles. The van der Waals surface area contributed by atoms with Gasteiger partial charge in [-0.05, 0) is 59.1 Å². The predicted molar refractivity (Wildman–Crippen MR) is 95.3 cm³/mol. The van der Waals surface area contributed by atoms with E-state index in [2.05, 4.69) is 22.8 Å². The van der Waals surface area contributed by atoms with E-state index in [1.807, 2.05) is 44.3 Å². The number of hydrogen-bond donors (Lipinski definition) is 2. The van der Waals surface area contributed by atoms with Gasteiger partial charge in [0, 0.05) is 12.7 Å². The molecule has 1 fully saturated rings. The lowest BCUT2D eigenvalue weighted by Gasteiger charge is -2.09. The van der Waals surface area contributed by atoms with E-state index < -0.39 is 0 Å². The molecule has 1 aliphatic rings. The first kappa shape index (κ1) is 15.4. The van der Waals surface area contributed by atoms with Crippen molar-refractivity contribution in [2.45, 2.75) is 6.92 Å². The highest BCUT2D eigenvalue weighted by Gasteiger charge is 2.24. The highest BCUT2D eigenvalue weighted by molar-refractivity contribution is 8.18. The van der Waals surface area contributed by atoms with Gasteiger partial charge in [-0.25, -0.2) is 0 Å². The number of benzene rings is 2. The van der Waals surface area contributed by atoms with Crippen LogP contribution in [0.2, 0.25) is 0 Å². The van der Waals surface area contributed by atoms with Gasteiger partial charge < -0.3 is 5.32 Å². The summed E-state index contributed by atoms with van der Waals surface area (Å²) in [6.45, 7) is 2.04. The van der Waals surface area contributed by atoms with Gasteiger partial charge in [-0.3, -0.25) is 14.9 Å². The minimum absolute atomic E-state index is 0.321. The van der Waals surface area contributed by atoms with E-state index in [0.29, 0.717) is 4.91 Å². The van der Waals surface area contributed by atoms with Crippen molar-refractivity contribution in [2.24, 2.45) is 0 Å². The van der Waals surface area contributed by atoms with Crippen LogP contribution in [0.5, 0.6) is 0 Å². The summed E-state index contributed by atoms with van der Waals surface area (Å²) in [6.07, 6.45) is 1.74. The second-order valence-corrected chi connectivity index (χ2v) is 6.27. The van der Waals surface area contributed by atoms with Crippen molar-refractivity contribution in [3.63, 3.8) is 0 Å². The highest BCUT2D eigenvalue weighted by Crippen LogP contribution is 2.29. The minimum Gasteiger partial charge on any atom is -0.388 e. The second kappa shape index (κ2) is 6.30. The van der Waals surface area contributed by atoms with Crippen molar-refractivity contribution in [3.05, 3.63) is 58.5 Å². The summed E-state index contributed by atoms with van der Waals surface area (Å²) in [5, 5.41) is 5.08. The fraction of sp³-hybridized carbons (Fsp3) is 0.111. The topological polar surface area (TPSA) is 58.2 Å². The normalized spacial score (nSPS) is 15.8. The number of amides is 2. The minimum atomic E-state index is -0.330. The number of nitrogens with one attached hydrogen (secondary N) is 2. The molecule has 0 spiro atoms. The molecule has 3 rings (SSSR count). The van der Waals surface area contributed by atoms with Crippen molar-refractivity contribution >= 4 is 34.7 Å². The zero-order valence-corrected chi connectivity index (χ0v) is 13.7. The molecule has 0 aromatic heterocycles. The molecule has 0 unspecified atom stereocenters. The second-order valence-electron chi connectivity index (χ2n) is 5.26. The third kappa shape index (κ3) is 3.29. The van der Waals surface area contributed by atoms with E-state index in [4.69, 9.17) is 0 Å². The SMILES string of the molecule is CNc1cccc(-c2ccc(C=C3SC(=O)NC3=O)cc2C)c1. The Balaban J connectivity index is 1.93. The van der Waals surface area contributed by atoms with Crippen LogP contribution in [0.3, 0.4) is 0 Å². The van der Waals surface area contributed by atoms with Crippen LogP contribution in [0.1, 0.15) is 11.1 Å². The van der Waals surface area contributed by atoms with Crippen molar-refractivity contribution in [3.8, 4) is 11.1 Å². The maximum absolute atomic E-state index is 11.6. The molecular weight excluding hydrogens is 308 g/mol. The summed E-state index contributed by atoms with van der Waals surface area (Å²) in [6, 6.07) is 14.2. The third-order valence-corrected chi connectivity index (χ3v) is 4.46.